The molecule has 2 fully saturated rings. The van der Waals surface area contributed by atoms with Crippen molar-refractivity contribution in [3.05, 3.63) is 58.4 Å². The van der Waals surface area contributed by atoms with E-state index in [-0.39, 0.29) is 11.7 Å². The van der Waals surface area contributed by atoms with Crippen LogP contribution in [0.5, 0.6) is 5.75 Å². The van der Waals surface area contributed by atoms with Crippen LogP contribution in [0.4, 0.5) is 0 Å². The molecule has 1 aliphatic heterocycles. The smallest absolute Gasteiger partial charge is 0.261 e. The predicted octanol–water partition coefficient (Wildman–Crippen LogP) is 4.79. The number of nitrogens with zero attached hydrogens (tertiary/aromatic N) is 3. The quantitative estimate of drug-likeness (QED) is 0.599. The van der Waals surface area contributed by atoms with E-state index in [4.69, 9.17) is 9.72 Å². The second kappa shape index (κ2) is 8.46. The van der Waals surface area contributed by atoms with Gasteiger partial charge in [-0.1, -0.05) is 18.6 Å². The van der Waals surface area contributed by atoms with Gasteiger partial charge < -0.3 is 9.64 Å². The molecule has 3 aromatic rings. The number of hydrogen-bond acceptors (Lipinski definition) is 4. The summed E-state index contributed by atoms with van der Waals surface area (Å²) in [6.07, 6.45) is 6.62. The van der Waals surface area contributed by atoms with E-state index < -0.39 is 0 Å². The van der Waals surface area contributed by atoms with Crippen LogP contribution < -0.4 is 10.3 Å². The lowest BCUT2D eigenvalue weighted by Crippen LogP contribution is -2.46. The van der Waals surface area contributed by atoms with Crippen molar-refractivity contribution >= 4 is 10.9 Å². The van der Waals surface area contributed by atoms with Gasteiger partial charge in [-0.3, -0.25) is 9.36 Å². The molecule has 0 unspecified atom stereocenters. The van der Waals surface area contributed by atoms with Gasteiger partial charge in [-0.2, -0.15) is 0 Å². The number of fused-ring (bicyclic) bond motifs is 1. The van der Waals surface area contributed by atoms with E-state index in [9.17, 15) is 4.79 Å². The predicted molar refractivity (Wildman–Crippen MR) is 125 cm³/mol. The molecule has 1 saturated heterocycles. The van der Waals surface area contributed by atoms with Crippen LogP contribution in [0.1, 0.15) is 44.6 Å². The first kappa shape index (κ1) is 20.3. The van der Waals surface area contributed by atoms with Crippen molar-refractivity contribution in [1.82, 2.24) is 14.5 Å². The van der Waals surface area contributed by atoms with Gasteiger partial charge >= 0.3 is 0 Å². The van der Waals surface area contributed by atoms with Crippen LogP contribution in [0, 0.1) is 6.92 Å². The normalized spacial score (nSPS) is 18.3. The lowest BCUT2D eigenvalue weighted by molar-refractivity contribution is 0.0493. The van der Waals surface area contributed by atoms with Crippen LogP contribution in [0.25, 0.3) is 22.3 Å². The number of hydrogen-bond donors (Lipinski definition) is 0. The largest absolute Gasteiger partial charge is 0.490 e. The fourth-order valence-electron chi connectivity index (χ4n) is 4.89. The van der Waals surface area contributed by atoms with Crippen molar-refractivity contribution in [2.24, 2.45) is 0 Å². The van der Waals surface area contributed by atoms with Gasteiger partial charge in [0.1, 0.15) is 17.7 Å². The Bertz CT molecular complexity index is 1120. The maximum atomic E-state index is 13.0. The molecule has 1 aromatic heterocycles. The minimum Gasteiger partial charge on any atom is -0.490 e. The van der Waals surface area contributed by atoms with Crippen LogP contribution in [-0.4, -0.2) is 39.7 Å². The molecule has 162 valence electrons. The second-order valence-corrected chi connectivity index (χ2v) is 8.92. The molecule has 5 rings (SSSR count). The van der Waals surface area contributed by atoms with Crippen molar-refractivity contribution < 1.29 is 4.74 Å². The van der Waals surface area contributed by atoms with Gasteiger partial charge in [-0.15, -0.1) is 0 Å². The van der Waals surface area contributed by atoms with Crippen LogP contribution in [-0.2, 0) is 6.54 Å². The van der Waals surface area contributed by atoms with Crippen LogP contribution >= 0.6 is 0 Å². The second-order valence-electron chi connectivity index (χ2n) is 8.92. The van der Waals surface area contributed by atoms with E-state index in [1.165, 1.54) is 19.3 Å². The van der Waals surface area contributed by atoms with Crippen molar-refractivity contribution in [3.8, 4) is 17.1 Å². The molecule has 0 N–H and O–H groups in total. The highest BCUT2D eigenvalue weighted by Gasteiger charge is 2.29. The highest BCUT2D eigenvalue weighted by molar-refractivity contribution is 5.82. The number of para-hydroxylation sites is 1. The van der Waals surface area contributed by atoms with Gasteiger partial charge in [-0.05, 0) is 75.4 Å². The standard InChI is InChI=1S/C26H31N3O2/c1-3-29-25(27-24-18(2)6-4-9-23(24)26(29)30)19-10-12-21(13-11-19)31-22-14-16-28(17-15-22)20-7-5-8-20/h4,6,9-13,20,22H,3,5,7-8,14-17H2,1-2H3. The third kappa shape index (κ3) is 3.87. The summed E-state index contributed by atoms with van der Waals surface area (Å²) in [4.78, 5) is 20.5. The molecule has 0 radical (unpaired) electrons. The van der Waals surface area contributed by atoms with Crippen molar-refractivity contribution in [2.45, 2.75) is 64.6 Å². The molecule has 31 heavy (non-hydrogen) atoms. The zero-order valence-corrected chi connectivity index (χ0v) is 18.5. The summed E-state index contributed by atoms with van der Waals surface area (Å²) in [7, 11) is 0. The molecule has 2 heterocycles. The van der Waals surface area contributed by atoms with Gasteiger partial charge in [0.05, 0.1) is 10.9 Å². The Morgan fingerprint density at radius 3 is 2.42 bits per heavy atom. The number of aryl methyl sites for hydroxylation is 1. The van der Waals surface area contributed by atoms with Gasteiger partial charge in [0, 0.05) is 31.2 Å². The Hall–Kier alpha value is -2.66. The molecular formula is C26H31N3O2. The first-order valence-electron chi connectivity index (χ1n) is 11.7. The molecule has 0 amide bonds. The third-order valence-corrected chi connectivity index (χ3v) is 6.99. The van der Waals surface area contributed by atoms with Crippen molar-refractivity contribution in [3.63, 3.8) is 0 Å². The lowest BCUT2D eigenvalue weighted by atomic mass is 9.90. The monoisotopic (exact) mass is 417 g/mol. The fraction of sp³-hybridized carbons (Fsp3) is 0.462. The fourth-order valence-corrected chi connectivity index (χ4v) is 4.89. The highest BCUT2D eigenvalue weighted by atomic mass is 16.5. The maximum absolute atomic E-state index is 13.0. The molecule has 0 bridgehead atoms. The zero-order valence-electron chi connectivity index (χ0n) is 18.5. The van der Waals surface area contributed by atoms with E-state index in [0.717, 1.165) is 60.2 Å². The Balaban J connectivity index is 1.35. The average molecular weight is 418 g/mol. The average Bonchev–Trinajstić information content (AvgIpc) is 2.75. The topological polar surface area (TPSA) is 47.4 Å². The van der Waals surface area contributed by atoms with E-state index in [2.05, 4.69) is 4.90 Å². The first-order valence-corrected chi connectivity index (χ1v) is 11.7. The Morgan fingerprint density at radius 2 is 1.77 bits per heavy atom. The van der Waals surface area contributed by atoms with E-state index in [1.807, 2.05) is 56.3 Å². The van der Waals surface area contributed by atoms with Gasteiger partial charge in [0.25, 0.3) is 5.56 Å². The summed E-state index contributed by atoms with van der Waals surface area (Å²) in [5.74, 6) is 1.61. The molecule has 5 nitrogen and oxygen atoms in total. The summed E-state index contributed by atoms with van der Waals surface area (Å²) in [5.41, 5.74) is 2.76. The van der Waals surface area contributed by atoms with Crippen LogP contribution in [0.15, 0.2) is 47.3 Å². The van der Waals surface area contributed by atoms with Crippen molar-refractivity contribution in [1.29, 1.82) is 0 Å². The molecule has 2 aliphatic rings. The summed E-state index contributed by atoms with van der Waals surface area (Å²) < 4.78 is 8.04. The summed E-state index contributed by atoms with van der Waals surface area (Å²) in [6.45, 7) is 6.87. The van der Waals surface area contributed by atoms with Crippen LogP contribution in [0.3, 0.4) is 0 Å². The molecule has 0 spiro atoms. The maximum Gasteiger partial charge on any atom is 0.261 e. The number of ether oxygens (including phenoxy) is 1. The third-order valence-electron chi connectivity index (χ3n) is 6.99. The van der Waals surface area contributed by atoms with Crippen LogP contribution in [0.2, 0.25) is 0 Å². The Labute approximate surface area is 183 Å². The number of piperidine rings is 1. The summed E-state index contributed by atoms with van der Waals surface area (Å²) >= 11 is 0. The van der Waals surface area contributed by atoms with Gasteiger partial charge in [0.2, 0.25) is 0 Å². The lowest BCUT2D eigenvalue weighted by Gasteiger charge is -2.41. The SMILES string of the molecule is CCn1c(-c2ccc(OC3CCN(C4CCC4)CC3)cc2)nc2c(C)cccc2c1=O. The minimum absolute atomic E-state index is 0.0183. The minimum atomic E-state index is 0.0183. The van der Waals surface area contributed by atoms with Gasteiger partial charge in [0.15, 0.2) is 0 Å². The molecule has 2 aromatic carbocycles. The van der Waals surface area contributed by atoms with Crippen molar-refractivity contribution in [2.75, 3.05) is 13.1 Å². The molecule has 1 aliphatic carbocycles. The Morgan fingerprint density at radius 1 is 1.03 bits per heavy atom. The highest BCUT2D eigenvalue weighted by Crippen LogP contribution is 2.29. The van der Waals surface area contributed by atoms with E-state index >= 15 is 0 Å². The Kier molecular flexibility index (Phi) is 5.53. The molecule has 1 saturated carbocycles. The number of rotatable bonds is 5. The van der Waals surface area contributed by atoms with E-state index in [0.29, 0.717) is 11.9 Å². The summed E-state index contributed by atoms with van der Waals surface area (Å²) in [5, 5.41) is 0.679. The number of benzene rings is 2. The summed E-state index contributed by atoms with van der Waals surface area (Å²) in [6, 6.07) is 14.7. The van der Waals surface area contributed by atoms with Gasteiger partial charge in [-0.25, -0.2) is 4.98 Å². The molecule has 0 atom stereocenters. The number of aromatic nitrogens is 2. The first-order chi connectivity index (χ1) is 15.1. The number of likely N-dealkylation sites (tertiary alicyclic amines) is 1. The van der Waals surface area contributed by atoms with E-state index in [1.54, 1.807) is 4.57 Å². The zero-order chi connectivity index (χ0) is 21.4. The molecular weight excluding hydrogens is 386 g/mol. The molecule has 5 heteroatoms.